The molecule has 3 unspecified atom stereocenters. The number of fused-ring (bicyclic) bond motifs is 1. The quantitative estimate of drug-likeness (QED) is 0.315. The fourth-order valence-corrected chi connectivity index (χ4v) is 7.98. The van der Waals surface area contributed by atoms with E-state index in [2.05, 4.69) is 113 Å². The summed E-state index contributed by atoms with van der Waals surface area (Å²) in [5.74, 6) is 0. The lowest BCUT2D eigenvalue weighted by molar-refractivity contribution is 0.258. The lowest BCUT2D eigenvalue weighted by atomic mass is 9.73. The molecule has 156 valence electrons. The molecule has 0 amide bonds. The molecule has 1 fully saturated rings. The third kappa shape index (κ3) is 3.77. The molecule has 0 saturated heterocycles. The third-order valence-corrected chi connectivity index (χ3v) is 11.1. The molecular weight excluding hydrogens is 497 g/mol. The summed E-state index contributed by atoms with van der Waals surface area (Å²) >= 11 is 4.81. The van der Waals surface area contributed by atoms with Crippen molar-refractivity contribution >= 4 is 39.9 Å². The van der Waals surface area contributed by atoms with Gasteiger partial charge in [0.25, 0.3) is 0 Å². The van der Waals surface area contributed by atoms with Crippen molar-refractivity contribution < 1.29 is 0 Å². The Morgan fingerprint density at radius 3 is 2.73 bits per heavy atom. The molecule has 1 aromatic rings. The Labute approximate surface area is 199 Å². The first-order valence-corrected chi connectivity index (χ1v) is 13.2. The minimum absolute atomic E-state index is 0.255. The molecule has 1 nitrogen and oxygen atoms in total. The van der Waals surface area contributed by atoms with Gasteiger partial charge < -0.3 is 5.32 Å². The van der Waals surface area contributed by atoms with Crippen molar-refractivity contribution in [1.82, 2.24) is 5.32 Å². The van der Waals surface area contributed by atoms with Gasteiger partial charge in [0.1, 0.15) is 0 Å². The molecule has 0 bridgehead atoms. The standard InChI is InChI=1S/C27H30INS/c1-26-14-8-9-15-27(26,28)30-19-25(26)29-24-17-22(20-10-4-2-5-11-20)16-23(18-24)21-12-6-3-7-13-21/h2-6,10-12,16,18-19,24,29H,7-9,13-15,17H2,1H3. The molecule has 3 heteroatoms. The highest BCUT2D eigenvalue weighted by Crippen LogP contribution is 2.64. The van der Waals surface area contributed by atoms with Gasteiger partial charge in [0.05, 0.1) is 2.75 Å². The Morgan fingerprint density at radius 1 is 1.10 bits per heavy atom. The molecule has 0 spiro atoms. The molecule has 4 aliphatic rings. The second-order valence-electron chi connectivity index (χ2n) is 9.19. The van der Waals surface area contributed by atoms with Crippen LogP contribution in [0.15, 0.2) is 83.0 Å². The van der Waals surface area contributed by atoms with Gasteiger partial charge in [-0.1, -0.05) is 103 Å². The number of rotatable bonds is 4. The number of nitrogens with one attached hydrogen (secondary N) is 1. The summed E-state index contributed by atoms with van der Waals surface area (Å²) in [5, 5.41) is 6.46. The van der Waals surface area contributed by atoms with Gasteiger partial charge in [-0.2, -0.15) is 0 Å². The van der Waals surface area contributed by atoms with E-state index in [0.29, 0.717) is 8.80 Å². The lowest BCUT2D eigenvalue weighted by Gasteiger charge is -2.45. The fraction of sp³-hybridized carbons (Fsp3) is 0.407. The molecule has 3 atom stereocenters. The number of alkyl halides is 1. The molecule has 30 heavy (non-hydrogen) atoms. The highest BCUT2D eigenvalue weighted by Gasteiger charge is 2.54. The first kappa shape index (κ1) is 20.7. The molecule has 0 radical (unpaired) electrons. The topological polar surface area (TPSA) is 12.0 Å². The molecule has 1 saturated carbocycles. The van der Waals surface area contributed by atoms with Crippen molar-refractivity contribution in [3.63, 3.8) is 0 Å². The zero-order valence-corrected chi connectivity index (χ0v) is 20.6. The van der Waals surface area contributed by atoms with Crippen molar-refractivity contribution in [1.29, 1.82) is 0 Å². The van der Waals surface area contributed by atoms with Crippen molar-refractivity contribution in [2.24, 2.45) is 5.41 Å². The van der Waals surface area contributed by atoms with Crippen LogP contribution >= 0.6 is 34.4 Å². The van der Waals surface area contributed by atoms with Crippen LogP contribution in [-0.2, 0) is 0 Å². The molecule has 1 N–H and O–H groups in total. The van der Waals surface area contributed by atoms with Gasteiger partial charge in [-0.3, -0.25) is 0 Å². The van der Waals surface area contributed by atoms with Crippen LogP contribution in [0.2, 0.25) is 0 Å². The zero-order chi connectivity index (χ0) is 20.6. The SMILES string of the molecule is CC12CCCCC1(I)SC=C2NC1C=C(C2=CC=CCC2)C=C(c2ccccc2)C1. The smallest absolute Gasteiger partial charge is 0.0822 e. The number of halogens is 1. The van der Waals surface area contributed by atoms with E-state index in [1.54, 1.807) is 0 Å². The van der Waals surface area contributed by atoms with Crippen LogP contribution in [0, 0.1) is 5.41 Å². The van der Waals surface area contributed by atoms with Crippen LogP contribution in [0.3, 0.4) is 0 Å². The Kier molecular flexibility index (Phi) is 5.78. The molecule has 1 aromatic carbocycles. The van der Waals surface area contributed by atoms with Crippen LogP contribution in [0.5, 0.6) is 0 Å². The summed E-state index contributed by atoms with van der Waals surface area (Å²) in [4.78, 5) is 0. The summed E-state index contributed by atoms with van der Waals surface area (Å²) in [7, 11) is 0. The van der Waals surface area contributed by atoms with Gasteiger partial charge >= 0.3 is 0 Å². The highest BCUT2D eigenvalue weighted by molar-refractivity contribution is 14.1. The van der Waals surface area contributed by atoms with Gasteiger partial charge in [0.15, 0.2) is 0 Å². The summed E-state index contributed by atoms with van der Waals surface area (Å²) in [6, 6.07) is 11.3. The van der Waals surface area contributed by atoms with E-state index in [9.17, 15) is 0 Å². The minimum atomic E-state index is 0.255. The molecule has 3 aliphatic carbocycles. The first-order chi connectivity index (χ1) is 14.6. The lowest BCUT2D eigenvalue weighted by Crippen LogP contribution is -2.45. The van der Waals surface area contributed by atoms with Crippen molar-refractivity contribution in [3.05, 3.63) is 88.5 Å². The van der Waals surface area contributed by atoms with Gasteiger partial charge in [-0.05, 0) is 59.8 Å². The van der Waals surface area contributed by atoms with E-state index >= 15 is 0 Å². The summed E-state index contributed by atoms with van der Waals surface area (Å²) in [6.45, 7) is 2.49. The zero-order valence-electron chi connectivity index (χ0n) is 17.7. The average Bonchev–Trinajstić information content (AvgIpc) is 3.05. The minimum Gasteiger partial charge on any atom is -0.381 e. The Hall–Kier alpha value is -1.20. The number of benzene rings is 1. The third-order valence-electron chi connectivity index (χ3n) is 7.23. The molecule has 1 aliphatic heterocycles. The van der Waals surface area contributed by atoms with E-state index in [1.165, 1.54) is 53.7 Å². The maximum absolute atomic E-state index is 4.02. The van der Waals surface area contributed by atoms with Crippen molar-refractivity contribution in [2.45, 2.75) is 60.7 Å². The largest absolute Gasteiger partial charge is 0.381 e. The normalized spacial score (nSPS) is 33.2. The predicted octanol–water partition coefficient (Wildman–Crippen LogP) is 7.93. The van der Waals surface area contributed by atoms with E-state index < -0.39 is 0 Å². The molecule has 1 heterocycles. The maximum atomic E-state index is 4.02. The first-order valence-electron chi connectivity index (χ1n) is 11.3. The Balaban J connectivity index is 1.45. The predicted molar refractivity (Wildman–Crippen MR) is 139 cm³/mol. The van der Waals surface area contributed by atoms with Crippen LogP contribution in [-0.4, -0.2) is 8.80 Å². The summed E-state index contributed by atoms with van der Waals surface area (Å²) < 4.78 is 0.321. The van der Waals surface area contributed by atoms with Crippen molar-refractivity contribution in [3.8, 4) is 0 Å². The van der Waals surface area contributed by atoms with Crippen molar-refractivity contribution in [2.75, 3.05) is 0 Å². The second kappa shape index (κ2) is 8.38. The van der Waals surface area contributed by atoms with E-state index in [0.717, 1.165) is 19.3 Å². The van der Waals surface area contributed by atoms with Gasteiger partial charge in [-0.15, -0.1) is 11.8 Å². The molecule has 0 aromatic heterocycles. The average molecular weight is 528 g/mol. The fourth-order valence-electron chi connectivity index (χ4n) is 5.29. The highest BCUT2D eigenvalue weighted by atomic mass is 127. The van der Waals surface area contributed by atoms with Crippen LogP contribution in [0.1, 0.15) is 57.4 Å². The number of thioether (sulfide) groups is 1. The van der Waals surface area contributed by atoms with Gasteiger partial charge in [-0.25, -0.2) is 0 Å². The summed E-state index contributed by atoms with van der Waals surface area (Å²) in [6.07, 6.45) is 20.4. The van der Waals surface area contributed by atoms with E-state index in [4.69, 9.17) is 0 Å². The van der Waals surface area contributed by atoms with Gasteiger partial charge in [0.2, 0.25) is 0 Å². The molecular formula is C27H30INS. The number of hydrogen-bond donors (Lipinski definition) is 1. The molecule has 5 rings (SSSR count). The number of allylic oxidation sites excluding steroid dienone is 7. The monoisotopic (exact) mass is 527 g/mol. The second-order valence-corrected chi connectivity index (χ2v) is 12.9. The van der Waals surface area contributed by atoms with E-state index in [-0.39, 0.29) is 5.41 Å². The maximum Gasteiger partial charge on any atom is 0.0822 e. The Bertz CT molecular complexity index is 970. The van der Waals surface area contributed by atoms with Crippen LogP contribution in [0.25, 0.3) is 5.57 Å². The van der Waals surface area contributed by atoms with Crippen LogP contribution in [0.4, 0.5) is 0 Å². The summed E-state index contributed by atoms with van der Waals surface area (Å²) in [5.41, 5.74) is 7.40. The van der Waals surface area contributed by atoms with Gasteiger partial charge in [0, 0.05) is 17.2 Å². The van der Waals surface area contributed by atoms with Crippen LogP contribution < -0.4 is 5.32 Å². The Morgan fingerprint density at radius 2 is 1.93 bits per heavy atom. The number of hydrogen-bond acceptors (Lipinski definition) is 2. The van der Waals surface area contributed by atoms with E-state index in [1.807, 2.05) is 0 Å².